The number of nitrogens with two attached hydrogens (primary N) is 1. The first-order chi connectivity index (χ1) is 8.70. The van der Waals surface area contributed by atoms with Crippen LogP contribution in [0.15, 0.2) is 6.20 Å². The van der Waals surface area contributed by atoms with Crippen molar-refractivity contribution in [2.75, 3.05) is 30.4 Å². The van der Waals surface area contributed by atoms with Crippen LogP contribution in [0.3, 0.4) is 0 Å². The van der Waals surface area contributed by atoms with Crippen LogP contribution in [-0.2, 0) is 6.54 Å². The Morgan fingerprint density at radius 3 is 3.06 bits per heavy atom. The van der Waals surface area contributed by atoms with Crippen LogP contribution in [0.5, 0.6) is 0 Å². The standard InChI is InChI=1S/C11H20N4O2S/c1-2-15-10(9(12)8-14-15)11(17)13-4-7-18-6-3-5-16/h8,16H,2-7,12H2,1H3,(H,13,17). The number of nitrogen functional groups attached to an aromatic ring is 1. The van der Waals surface area contributed by atoms with Gasteiger partial charge in [-0.3, -0.25) is 9.48 Å². The number of anilines is 1. The Bertz CT molecular complexity index is 381. The molecule has 4 N–H and O–H groups in total. The maximum absolute atomic E-state index is 11.9. The highest BCUT2D eigenvalue weighted by Crippen LogP contribution is 2.10. The van der Waals surface area contributed by atoms with Gasteiger partial charge in [-0.05, 0) is 19.1 Å². The highest BCUT2D eigenvalue weighted by atomic mass is 32.2. The second-order valence-electron chi connectivity index (χ2n) is 3.71. The van der Waals surface area contributed by atoms with Crippen LogP contribution in [0.4, 0.5) is 5.69 Å². The summed E-state index contributed by atoms with van der Waals surface area (Å²) < 4.78 is 1.59. The predicted octanol–water partition coefficient (Wildman–Crippen LogP) is 0.331. The van der Waals surface area contributed by atoms with Crippen LogP contribution < -0.4 is 11.1 Å². The molecule has 0 fully saturated rings. The number of aliphatic hydroxyl groups excluding tert-OH is 1. The molecule has 6 nitrogen and oxygen atoms in total. The van der Waals surface area contributed by atoms with E-state index in [-0.39, 0.29) is 12.5 Å². The highest BCUT2D eigenvalue weighted by molar-refractivity contribution is 7.99. The van der Waals surface area contributed by atoms with E-state index in [9.17, 15) is 4.79 Å². The Morgan fingerprint density at radius 2 is 2.39 bits per heavy atom. The first kappa shape index (κ1) is 14.8. The molecule has 1 aromatic rings. The third-order valence-electron chi connectivity index (χ3n) is 2.36. The number of aliphatic hydroxyl groups is 1. The van der Waals surface area contributed by atoms with Crippen molar-refractivity contribution >= 4 is 23.4 Å². The normalized spacial score (nSPS) is 10.6. The average Bonchev–Trinajstić information content (AvgIpc) is 2.74. The largest absolute Gasteiger partial charge is 0.396 e. The van der Waals surface area contributed by atoms with Crippen molar-refractivity contribution in [3.05, 3.63) is 11.9 Å². The fraction of sp³-hybridized carbons (Fsp3) is 0.636. The van der Waals surface area contributed by atoms with Crippen LogP contribution in [0.25, 0.3) is 0 Å². The molecule has 102 valence electrons. The molecule has 0 aliphatic rings. The van der Waals surface area contributed by atoms with Crippen molar-refractivity contribution in [1.82, 2.24) is 15.1 Å². The van der Waals surface area contributed by atoms with E-state index >= 15 is 0 Å². The Morgan fingerprint density at radius 1 is 1.61 bits per heavy atom. The van der Waals surface area contributed by atoms with Crippen LogP contribution in [0, 0.1) is 0 Å². The van der Waals surface area contributed by atoms with Crippen molar-refractivity contribution in [2.24, 2.45) is 0 Å². The van der Waals surface area contributed by atoms with Gasteiger partial charge in [0.1, 0.15) is 5.69 Å². The molecule has 0 radical (unpaired) electrons. The molecule has 0 spiro atoms. The minimum Gasteiger partial charge on any atom is -0.396 e. The molecule has 0 aromatic carbocycles. The summed E-state index contributed by atoms with van der Waals surface area (Å²) in [5.74, 6) is 1.54. The topological polar surface area (TPSA) is 93.2 Å². The lowest BCUT2D eigenvalue weighted by Gasteiger charge is -2.07. The van der Waals surface area contributed by atoms with Gasteiger partial charge in [0.15, 0.2) is 0 Å². The molecule has 0 aliphatic carbocycles. The van der Waals surface area contributed by atoms with Crippen molar-refractivity contribution in [2.45, 2.75) is 19.9 Å². The molecule has 1 amide bonds. The molecule has 0 unspecified atom stereocenters. The number of carbonyl (C=O) groups excluding carboxylic acids is 1. The van der Waals surface area contributed by atoms with Crippen LogP contribution in [-0.4, -0.2) is 45.5 Å². The number of nitrogens with zero attached hydrogens (tertiary/aromatic N) is 2. The Kier molecular flexibility index (Phi) is 6.59. The fourth-order valence-electron chi connectivity index (χ4n) is 1.48. The Balaban J connectivity index is 2.34. The van der Waals surface area contributed by atoms with Crippen LogP contribution in [0.1, 0.15) is 23.8 Å². The van der Waals surface area contributed by atoms with Crippen molar-refractivity contribution in [3.63, 3.8) is 0 Å². The van der Waals surface area contributed by atoms with Crippen LogP contribution in [0.2, 0.25) is 0 Å². The van der Waals surface area contributed by atoms with E-state index in [0.717, 1.165) is 17.9 Å². The second kappa shape index (κ2) is 7.99. The predicted molar refractivity (Wildman–Crippen MR) is 73.7 cm³/mol. The third kappa shape index (κ3) is 4.23. The summed E-state index contributed by atoms with van der Waals surface area (Å²) in [6.45, 7) is 3.33. The summed E-state index contributed by atoms with van der Waals surface area (Å²) in [6, 6.07) is 0. The molecular formula is C11H20N4O2S. The summed E-state index contributed by atoms with van der Waals surface area (Å²) in [5, 5.41) is 15.5. The van der Waals surface area contributed by atoms with Gasteiger partial charge in [-0.25, -0.2) is 0 Å². The SMILES string of the molecule is CCn1ncc(N)c1C(=O)NCCSCCCO. The quantitative estimate of drug-likeness (QED) is 0.593. The van der Waals surface area contributed by atoms with Crippen molar-refractivity contribution in [3.8, 4) is 0 Å². The molecule has 0 saturated heterocycles. The van der Waals surface area contributed by atoms with E-state index in [2.05, 4.69) is 10.4 Å². The average molecular weight is 272 g/mol. The van der Waals surface area contributed by atoms with Crippen molar-refractivity contribution in [1.29, 1.82) is 0 Å². The summed E-state index contributed by atoms with van der Waals surface area (Å²) in [7, 11) is 0. The summed E-state index contributed by atoms with van der Waals surface area (Å²) in [6.07, 6.45) is 2.28. The Hall–Kier alpha value is -1.21. The summed E-state index contributed by atoms with van der Waals surface area (Å²) in [4.78, 5) is 11.9. The van der Waals surface area contributed by atoms with Gasteiger partial charge in [-0.1, -0.05) is 0 Å². The van der Waals surface area contributed by atoms with E-state index in [0.29, 0.717) is 24.5 Å². The number of thioether (sulfide) groups is 1. The van der Waals surface area contributed by atoms with E-state index < -0.39 is 0 Å². The maximum atomic E-state index is 11.9. The first-order valence-corrected chi connectivity index (χ1v) is 7.14. The number of aromatic nitrogens is 2. The highest BCUT2D eigenvalue weighted by Gasteiger charge is 2.15. The lowest BCUT2D eigenvalue weighted by atomic mass is 10.3. The zero-order chi connectivity index (χ0) is 13.4. The third-order valence-corrected chi connectivity index (χ3v) is 3.43. The van der Waals surface area contributed by atoms with Gasteiger partial charge < -0.3 is 16.2 Å². The minimum atomic E-state index is -0.186. The molecule has 1 aromatic heterocycles. The van der Waals surface area contributed by atoms with Gasteiger partial charge in [0.05, 0.1) is 11.9 Å². The van der Waals surface area contributed by atoms with Crippen molar-refractivity contribution < 1.29 is 9.90 Å². The number of amides is 1. The van der Waals surface area contributed by atoms with Gasteiger partial charge in [-0.2, -0.15) is 16.9 Å². The number of rotatable bonds is 8. The molecule has 18 heavy (non-hydrogen) atoms. The van der Waals surface area contributed by atoms with Crippen LogP contribution >= 0.6 is 11.8 Å². The number of hydrogen-bond donors (Lipinski definition) is 3. The summed E-state index contributed by atoms with van der Waals surface area (Å²) >= 11 is 1.70. The molecule has 0 aliphatic heterocycles. The monoisotopic (exact) mass is 272 g/mol. The number of carbonyl (C=O) groups is 1. The lowest BCUT2D eigenvalue weighted by molar-refractivity contribution is 0.0946. The molecule has 1 rings (SSSR count). The van der Waals surface area contributed by atoms with Gasteiger partial charge in [0.25, 0.3) is 5.91 Å². The molecule has 1 heterocycles. The zero-order valence-corrected chi connectivity index (χ0v) is 11.4. The molecule has 0 saturated carbocycles. The zero-order valence-electron chi connectivity index (χ0n) is 10.6. The van der Waals surface area contributed by atoms with Gasteiger partial charge in [0, 0.05) is 25.4 Å². The van der Waals surface area contributed by atoms with Gasteiger partial charge >= 0.3 is 0 Å². The first-order valence-electron chi connectivity index (χ1n) is 5.98. The Labute approximate surface area is 111 Å². The minimum absolute atomic E-state index is 0.186. The number of nitrogens with one attached hydrogen (secondary N) is 1. The summed E-state index contributed by atoms with van der Waals surface area (Å²) in [5.41, 5.74) is 6.54. The maximum Gasteiger partial charge on any atom is 0.271 e. The second-order valence-corrected chi connectivity index (χ2v) is 4.93. The van der Waals surface area contributed by atoms with E-state index in [1.807, 2.05) is 6.92 Å². The lowest BCUT2D eigenvalue weighted by Crippen LogP contribution is -2.29. The molecule has 7 heteroatoms. The van der Waals surface area contributed by atoms with Gasteiger partial charge in [0.2, 0.25) is 0 Å². The number of aryl methyl sites for hydroxylation is 1. The smallest absolute Gasteiger partial charge is 0.271 e. The molecular weight excluding hydrogens is 252 g/mol. The molecule has 0 bridgehead atoms. The fourth-order valence-corrected chi connectivity index (χ4v) is 2.26. The van der Waals surface area contributed by atoms with E-state index in [1.54, 1.807) is 16.4 Å². The number of hydrogen-bond acceptors (Lipinski definition) is 5. The van der Waals surface area contributed by atoms with E-state index in [1.165, 1.54) is 6.20 Å². The van der Waals surface area contributed by atoms with E-state index in [4.69, 9.17) is 10.8 Å². The molecule has 0 atom stereocenters. The van der Waals surface area contributed by atoms with Gasteiger partial charge in [-0.15, -0.1) is 0 Å².